The molecule has 0 radical (unpaired) electrons. The van der Waals surface area contributed by atoms with E-state index in [4.69, 9.17) is 4.74 Å². The van der Waals surface area contributed by atoms with E-state index in [0.717, 1.165) is 15.6 Å². The molecule has 0 atom stereocenters. The van der Waals surface area contributed by atoms with Crippen molar-refractivity contribution in [2.24, 2.45) is 0 Å². The van der Waals surface area contributed by atoms with Crippen LogP contribution < -0.4 is 5.32 Å². The maximum absolute atomic E-state index is 12.4. The predicted molar refractivity (Wildman–Crippen MR) is 95.9 cm³/mol. The van der Waals surface area contributed by atoms with E-state index in [1.165, 1.54) is 0 Å². The number of amides is 2. The number of rotatable bonds is 4. The SMILES string of the molecule is Cc1nc(CNC(=O)c2ccc(C(=O)N3CCOCC3)cc2)sc1C. The van der Waals surface area contributed by atoms with Gasteiger partial charge in [-0.05, 0) is 38.1 Å². The summed E-state index contributed by atoms with van der Waals surface area (Å²) in [7, 11) is 0. The van der Waals surface area contributed by atoms with Gasteiger partial charge in [0.15, 0.2) is 0 Å². The maximum Gasteiger partial charge on any atom is 0.254 e. The molecule has 2 amide bonds. The van der Waals surface area contributed by atoms with Gasteiger partial charge in [0.2, 0.25) is 0 Å². The summed E-state index contributed by atoms with van der Waals surface area (Å²) in [6.07, 6.45) is 0. The van der Waals surface area contributed by atoms with Gasteiger partial charge < -0.3 is 15.0 Å². The molecular formula is C18H21N3O3S. The number of benzene rings is 1. The highest BCUT2D eigenvalue weighted by Crippen LogP contribution is 2.16. The van der Waals surface area contributed by atoms with Crippen molar-refractivity contribution in [3.63, 3.8) is 0 Å². The second kappa shape index (κ2) is 7.76. The Morgan fingerprint density at radius 2 is 1.80 bits per heavy atom. The fraction of sp³-hybridized carbons (Fsp3) is 0.389. The van der Waals surface area contributed by atoms with Gasteiger partial charge in [-0.2, -0.15) is 0 Å². The molecule has 3 rings (SSSR count). The molecule has 1 N–H and O–H groups in total. The molecule has 0 bridgehead atoms. The monoisotopic (exact) mass is 359 g/mol. The maximum atomic E-state index is 12.4. The lowest BCUT2D eigenvalue weighted by Gasteiger charge is -2.26. The van der Waals surface area contributed by atoms with Gasteiger partial charge in [0.1, 0.15) is 5.01 Å². The van der Waals surface area contributed by atoms with Crippen molar-refractivity contribution in [1.82, 2.24) is 15.2 Å². The largest absolute Gasteiger partial charge is 0.378 e. The first-order chi connectivity index (χ1) is 12.0. The Labute approximate surface area is 150 Å². The Morgan fingerprint density at radius 3 is 2.40 bits per heavy atom. The van der Waals surface area contributed by atoms with Crippen molar-refractivity contribution >= 4 is 23.2 Å². The second-order valence-corrected chi connectivity index (χ2v) is 7.20. The quantitative estimate of drug-likeness (QED) is 0.908. The number of nitrogens with one attached hydrogen (secondary N) is 1. The first-order valence-electron chi connectivity index (χ1n) is 8.23. The van der Waals surface area contributed by atoms with E-state index in [1.54, 1.807) is 40.5 Å². The lowest BCUT2D eigenvalue weighted by molar-refractivity contribution is 0.0303. The van der Waals surface area contributed by atoms with Crippen LogP contribution in [0.15, 0.2) is 24.3 Å². The zero-order valence-electron chi connectivity index (χ0n) is 14.4. The summed E-state index contributed by atoms with van der Waals surface area (Å²) in [5, 5.41) is 3.76. The van der Waals surface area contributed by atoms with Crippen LogP contribution in [0.5, 0.6) is 0 Å². The number of aromatic nitrogens is 1. The molecule has 1 aliphatic rings. The number of morpholine rings is 1. The van der Waals surface area contributed by atoms with E-state index >= 15 is 0 Å². The first kappa shape index (κ1) is 17.6. The van der Waals surface area contributed by atoms with Gasteiger partial charge >= 0.3 is 0 Å². The fourth-order valence-electron chi connectivity index (χ4n) is 2.59. The van der Waals surface area contributed by atoms with Gasteiger partial charge in [-0.1, -0.05) is 0 Å². The van der Waals surface area contributed by atoms with E-state index < -0.39 is 0 Å². The summed E-state index contributed by atoms with van der Waals surface area (Å²) in [5.41, 5.74) is 2.12. The van der Waals surface area contributed by atoms with Crippen molar-refractivity contribution in [2.45, 2.75) is 20.4 Å². The lowest BCUT2D eigenvalue weighted by atomic mass is 10.1. The Balaban J connectivity index is 1.59. The Hall–Kier alpha value is -2.25. The number of thiazole rings is 1. The predicted octanol–water partition coefficient (Wildman–Crippen LogP) is 2.16. The van der Waals surface area contributed by atoms with E-state index in [2.05, 4.69) is 10.3 Å². The van der Waals surface area contributed by atoms with Gasteiger partial charge in [0.25, 0.3) is 11.8 Å². The molecule has 0 saturated carbocycles. The van der Waals surface area contributed by atoms with Gasteiger partial charge in [-0.15, -0.1) is 11.3 Å². The second-order valence-electron chi connectivity index (χ2n) is 5.91. The summed E-state index contributed by atoms with van der Waals surface area (Å²) < 4.78 is 5.26. The normalized spacial score (nSPS) is 14.4. The number of nitrogens with zero attached hydrogens (tertiary/aromatic N) is 2. The minimum absolute atomic E-state index is 0.0241. The molecule has 2 heterocycles. The van der Waals surface area contributed by atoms with Gasteiger partial charge in [-0.3, -0.25) is 9.59 Å². The zero-order valence-corrected chi connectivity index (χ0v) is 15.2. The highest BCUT2D eigenvalue weighted by Gasteiger charge is 2.18. The van der Waals surface area contributed by atoms with Crippen molar-refractivity contribution in [3.8, 4) is 0 Å². The Bertz CT molecular complexity index is 745. The van der Waals surface area contributed by atoms with Crippen LogP contribution in [-0.4, -0.2) is 48.0 Å². The molecule has 2 aromatic rings. The summed E-state index contributed by atoms with van der Waals surface area (Å²) in [6.45, 7) is 6.74. The highest BCUT2D eigenvalue weighted by molar-refractivity contribution is 7.11. The smallest absolute Gasteiger partial charge is 0.254 e. The minimum Gasteiger partial charge on any atom is -0.378 e. The van der Waals surface area contributed by atoms with Gasteiger partial charge in [0.05, 0.1) is 25.5 Å². The van der Waals surface area contributed by atoms with Gasteiger partial charge in [0, 0.05) is 29.1 Å². The van der Waals surface area contributed by atoms with E-state index in [-0.39, 0.29) is 11.8 Å². The number of ether oxygens (including phenoxy) is 1. The van der Waals surface area contributed by atoms with E-state index in [9.17, 15) is 9.59 Å². The van der Waals surface area contributed by atoms with Crippen molar-refractivity contribution in [1.29, 1.82) is 0 Å². The summed E-state index contributed by atoms with van der Waals surface area (Å²) in [5.74, 6) is -0.195. The topological polar surface area (TPSA) is 71.5 Å². The van der Waals surface area contributed by atoms with Crippen molar-refractivity contribution in [2.75, 3.05) is 26.3 Å². The average Bonchev–Trinajstić information content (AvgIpc) is 2.98. The van der Waals surface area contributed by atoms with E-state index in [0.29, 0.717) is 44.0 Å². The summed E-state index contributed by atoms with van der Waals surface area (Å²) in [6, 6.07) is 6.76. The fourth-order valence-corrected chi connectivity index (χ4v) is 3.46. The highest BCUT2D eigenvalue weighted by atomic mass is 32.1. The number of hydrogen-bond acceptors (Lipinski definition) is 5. The standard InChI is InChI=1S/C18H21N3O3S/c1-12-13(2)25-16(20-12)11-19-17(22)14-3-5-15(6-4-14)18(23)21-7-9-24-10-8-21/h3-6H,7-11H2,1-2H3,(H,19,22). The van der Waals surface area contributed by atoms with Crippen LogP contribution in [0.2, 0.25) is 0 Å². The molecule has 6 nitrogen and oxygen atoms in total. The number of hydrogen-bond donors (Lipinski definition) is 1. The molecule has 0 aliphatic carbocycles. The molecule has 0 unspecified atom stereocenters. The van der Waals surface area contributed by atoms with Gasteiger partial charge in [-0.25, -0.2) is 4.98 Å². The molecule has 1 saturated heterocycles. The third-order valence-electron chi connectivity index (χ3n) is 4.17. The molecular weight excluding hydrogens is 338 g/mol. The molecule has 1 aromatic heterocycles. The Morgan fingerprint density at radius 1 is 1.16 bits per heavy atom. The Kier molecular flexibility index (Phi) is 5.45. The number of carbonyl (C=O) groups excluding carboxylic acids is 2. The van der Waals surface area contributed by atoms with E-state index in [1.807, 2.05) is 13.8 Å². The summed E-state index contributed by atoms with van der Waals surface area (Å²) >= 11 is 1.59. The zero-order chi connectivity index (χ0) is 17.8. The number of aryl methyl sites for hydroxylation is 2. The first-order valence-corrected chi connectivity index (χ1v) is 9.04. The molecule has 0 spiro atoms. The van der Waals surface area contributed by atoms with Crippen LogP contribution in [0.25, 0.3) is 0 Å². The third-order valence-corrected chi connectivity index (χ3v) is 5.24. The average molecular weight is 359 g/mol. The molecule has 1 aliphatic heterocycles. The van der Waals surface area contributed by atoms with Crippen LogP contribution in [-0.2, 0) is 11.3 Å². The molecule has 1 fully saturated rings. The van der Waals surface area contributed by atoms with Crippen LogP contribution in [0.3, 0.4) is 0 Å². The third kappa shape index (κ3) is 4.24. The molecule has 1 aromatic carbocycles. The minimum atomic E-state index is -0.170. The molecule has 25 heavy (non-hydrogen) atoms. The van der Waals surface area contributed by atoms with Crippen LogP contribution >= 0.6 is 11.3 Å². The van der Waals surface area contributed by atoms with Crippen LogP contribution in [0.4, 0.5) is 0 Å². The molecule has 7 heteroatoms. The van der Waals surface area contributed by atoms with Crippen molar-refractivity contribution < 1.29 is 14.3 Å². The molecule has 132 valence electrons. The summed E-state index contributed by atoms with van der Waals surface area (Å²) in [4.78, 5) is 32.0. The van der Waals surface area contributed by atoms with Crippen molar-refractivity contribution in [3.05, 3.63) is 51.0 Å². The van der Waals surface area contributed by atoms with Crippen LogP contribution in [0, 0.1) is 13.8 Å². The number of carbonyl (C=O) groups is 2. The lowest BCUT2D eigenvalue weighted by Crippen LogP contribution is -2.40. The van der Waals surface area contributed by atoms with Crippen LogP contribution in [0.1, 0.15) is 36.3 Å².